The standard InChI is InChI=1S/C9H9F4NO2/c10-5-1-6(11)8(13)9(7(5)12)16-3-4(14)2-15/h1,4,15H,2-3,14H2. The Morgan fingerprint density at radius 1 is 1.19 bits per heavy atom. The second kappa shape index (κ2) is 5.13. The first kappa shape index (κ1) is 12.7. The zero-order valence-electron chi connectivity index (χ0n) is 8.01. The highest BCUT2D eigenvalue weighted by atomic mass is 19.2. The Morgan fingerprint density at radius 2 is 1.69 bits per heavy atom. The van der Waals surface area contributed by atoms with Gasteiger partial charge in [-0.3, -0.25) is 0 Å². The van der Waals surface area contributed by atoms with Gasteiger partial charge in [0.15, 0.2) is 17.4 Å². The fraction of sp³-hybridized carbons (Fsp3) is 0.333. The van der Waals surface area contributed by atoms with E-state index in [0.29, 0.717) is 0 Å². The maximum atomic E-state index is 13.0. The van der Waals surface area contributed by atoms with Crippen molar-refractivity contribution in [2.75, 3.05) is 13.2 Å². The molecule has 1 aromatic carbocycles. The fourth-order valence-electron chi connectivity index (χ4n) is 0.921. The van der Waals surface area contributed by atoms with Crippen molar-refractivity contribution >= 4 is 0 Å². The Bertz CT molecular complexity index is 360. The van der Waals surface area contributed by atoms with Gasteiger partial charge in [-0.2, -0.15) is 8.78 Å². The molecule has 90 valence electrons. The third-order valence-electron chi connectivity index (χ3n) is 1.75. The first-order chi connectivity index (χ1) is 7.47. The predicted octanol–water partition coefficient (Wildman–Crippen LogP) is 0.941. The molecule has 0 spiro atoms. The molecule has 0 aliphatic carbocycles. The number of ether oxygens (including phenoxy) is 1. The Kier molecular flexibility index (Phi) is 4.08. The molecule has 1 rings (SSSR count). The number of halogens is 4. The molecule has 1 aromatic rings. The first-order valence-corrected chi connectivity index (χ1v) is 4.29. The van der Waals surface area contributed by atoms with Gasteiger partial charge in [-0.05, 0) is 0 Å². The summed E-state index contributed by atoms with van der Waals surface area (Å²) in [7, 11) is 0. The number of nitrogens with two attached hydrogens (primary N) is 1. The summed E-state index contributed by atoms with van der Waals surface area (Å²) in [4.78, 5) is 0. The summed E-state index contributed by atoms with van der Waals surface area (Å²) < 4.78 is 55.8. The van der Waals surface area contributed by atoms with Crippen molar-refractivity contribution in [2.45, 2.75) is 6.04 Å². The molecule has 7 heteroatoms. The van der Waals surface area contributed by atoms with Gasteiger partial charge < -0.3 is 15.6 Å². The number of hydrogen-bond acceptors (Lipinski definition) is 3. The largest absolute Gasteiger partial charge is 0.486 e. The minimum atomic E-state index is -1.64. The molecular formula is C9H9F4NO2. The summed E-state index contributed by atoms with van der Waals surface area (Å²) in [6.45, 7) is -0.950. The van der Waals surface area contributed by atoms with Crippen molar-refractivity contribution in [3.05, 3.63) is 29.3 Å². The van der Waals surface area contributed by atoms with E-state index in [9.17, 15) is 17.6 Å². The van der Waals surface area contributed by atoms with E-state index in [-0.39, 0.29) is 6.07 Å². The van der Waals surface area contributed by atoms with Gasteiger partial charge in [0.1, 0.15) is 6.61 Å². The van der Waals surface area contributed by atoms with E-state index in [0.717, 1.165) is 0 Å². The summed E-state index contributed by atoms with van der Waals surface area (Å²) in [5.74, 6) is -7.58. The van der Waals surface area contributed by atoms with Crippen LogP contribution in [-0.4, -0.2) is 24.4 Å². The molecule has 0 fully saturated rings. The summed E-state index contributed by atoms with van der Waals surface area (Å²) in [5, 5.41) is 8.52. The van der Waals surface area contributed by atoms with E-state index < -0.39 is 48.3 Å². The minimum absolute atomic E-state index is 0.0729. The molecule has 3 nitrogen and oxygen atoms in total. The molecule has 16 heavy (non-hydrogen) atoms. The number of benzene rings is 1. The highest BCUT2D eigenvalue weighted by Gasteiger charge is 2.21. The van der Waals surface area contributed by atoms with Gasteiger partial charge in [0, 0.05) is 6.07 Å². The predicted molar refractivity (Wildman–Crippen MR) is 46.8 cm³/mol. The molecule has 0 amide bonds. The summed E-state index contributed by atoms with van der Waals surface area (Å²) in [5.41, 5.74) is 5.19. The Hall–Kier alpha value is -1.34. The molecule has 0 aliphatic rings. The van der Waals surface area contributed by atoms with Gasteiger partial charge in [-0.15, -0.1) is 0 Å². The molecular weight excluding hydrogens is 230 g/mol. The normalized spacial score (nSPS) is 12.6. The lowest BCUT2D eigenvalue weighted by Crippen LogP contribution is -2.31. The second-order valence-electron chi connectivity index (χ2n) is 3.05. The van der Waals surface area contributed by atoms with E-state index in [1.165, 1.54) is 0 Å². The minimum Gasteiger partial charge on any atom is -0.486 e. The van der Waals surface area contributed by atoms with Crippen molar-refractivity contribution in [3.8, 4) is 5.75 Å². The SMILES string of the molecule is NC(CO)COc1c(F)c(F)cc(F)c1F. The average molecular weight is 239 g/mol. The number of hydrogen-bond donors (Lipinski definition) is 2. The third kappa shape index (κ3) is 2.61. The molecule has 0 radical (unpaired) electrons. The van der Waals surface area contributed by atoms with Gasteiger partial charge in [-0.25, -0.2) is 8.78 Å². The zero-order valence-corrected chi connectivity index (χ0v) is 8.01. The van der Waals surface area contributed by atoms with Crippen molar-refractivity contribution in [1.29, 1.82) is 0 Å². The molecule has 1 atom stereocenters. The lowest BCUT2D eigenvalue weighted by molar-refractivity contribution is 0.194. The molecule has 0 saturated carbocycles. The quantitative estimate of drug-likeness (QED) is 0.607. The van der Waals surface area contributed by atoms with Gasteiger partial charge in [-0.1, -0.05) is 0 Å². The van der Waals surface area contributed by atoms with Gasteiger partial charge in [0.25, 0.3) is 0 Å². The van der Waals surface area contributed by atoms with Crippen LogP contribution in [0.25, 0.3) is 0 Å². The summed E-state index contributed by atoms with van der Waals surface area (Å²) in [6.07, 6.45) is 0. The van der Waals surface area contributed by atoms with E-state index in [1.54, 1.807) is 0 Å². The molecule has 1 unspecified atom stereocenters. The topological polar surface area (TPSA) is 55.5 Å². The number of aliphatic hydroxyl groups is 1. The Balaban J connectivity index is 2.94. The van der Waals surface area contributed by atoms with Crippen LogP contribution in [0.15, 0.2) is 6.07 Å². The monoisotopic (exact) mass is 239 g/mol. The van der Waals surface area contributed by atoms with E-state index in [1.807, 2.05) is 0 Å². The molecule has 0 aromatic heterocycles. The van der Waals surface area contributed by atoms with Gasteiger partial charge in [0.2, 0.25) is 11.6 Å². The van der Waals surface area contributed by atoms with Crippen LogP contribution in [-0.2, 0) is 0 Å². The van der Waals surface area contributed by atoms with E-state index >= 15 is 0 Å². The fourth-order valence-corrected chi connectivity index (χ4v) is 0.921. The highest BCUT2D eigenvalue weighted by molar-refractivity contribution is 5.28. The van der Waals surface area contributed by atoms with Gasteiger partial charge >= 0.3 is 0 Å². The smallest absolute Gasteiger partial charge is 0.203 e. The van der Waals surface area contributed by atoms with Crippen molar-refractivity contribution < 1.29 is 27.4 Å². The van der Waals surface area contributed by atoms with Crippen LogP contribution in [0.4, 0.5) is 17.6 Å². The van der Waals surface area contributed by atoms with Crippen LogP contribution < -0.4 is 10.5 Å². The van der Waals surface area contributed by atoms with Crippen LogP contribution >= 0.6 is 0 Å². The van der Waals surface area contributed by atoms with Crippen LogP contribution in [0.5, 0.6) is 5.75 Å². The van der Waals surface area contributed by atoms with Crippen LogP contribution in [0.1, 0.15) is 0 Å². The maximum absolute atomic E-state index is 13.0. The first-order valence-electron chi connectivity index (χ1n) is 4.29. The summed E-state index contributed by atoms with van der Waals surface area (Å²) in [6, 6.07) is -0.825. The maximum Gasteiger partial charge on any atom is 0.203 e. The highest BCUT2D eigenvalue weighted by Crippen LogP contribution is 2.26. The average Bonchev–Trinajstić information content (AvgIpc) is 2.26. The van der Waals surface area contributed by atoms with E-state index in [2.05, 4.69) is 4.74 Å². The third-order valence-corrected chi connectivity index (χ3v) is 1.75. The molecule has 0 aliphatic heterocycles. The molecule has 0 heterocycles. The lowest BCUT2D eigenvalue weighted by Gasteiger charge is -2.12. The van der Waals surface area contributed by atoms with E-state index in [4.69, 9.17) is 10.8 Å². The van der Waals surface area contributed by atoms with Crippen molar-refractivity contribution in [1.82, 2.24) is 0 Å². The lowest BCUT2D eigenvalue weighted by atomic mass is 10.3. The van der Waals surface area contributed by atoms with Crippen LogP contribution in [0, 0.1) is 23.3 Å². The zero-order chi connectivity index (χ0) is 12.3. The summed E-state index contributed by atoms with van der Waals surface area (Å²) >= 11 is 0. The molecule has 0 bridgehead atoms. The Morgan fingerprint density at radius 3 is 2.12 bits per heavy atom. The molecule has 3 N–H and O–H groups in total. The number of aliphatic hydroxyl groups excluding tert-OH is 1. The second-order valence-corrected chi connectivity index (χ2v) is 3.05. The van der Waals surface area contributed by atoms with Crippen LogP contribution in [0.2, 0.25) is 0 Å². The molecule has 0 saturated heterocycles. The van der Waals surface area contributed by atoms with Crippen molar-refractivity contribution in [2.24, 2.45) is 5.73 Å². The van der Waals surface area contributed by atoms with Gasteiger partial charge in [0.05, 0.1) is 12.6 Å². The Labute approximate surface area is 88.4 Å². The van der Waals surface area contributed by atoms with Crippen LogP contribution in [0.3, 0.4) is 0 Å². The van der Waals surface area contributed by atoms with Crippen molar-refractivity contribution in [3.63, 3.8) is 0 Å². The number of rotatable bonds is 4.